The van der Waals surface area contributed by atoms with E-state index in [1.165, 1.54) is 0 Å². The highest BCUT2D eigenvalue weighted by Gasteiger charge is 2.15. The van der Waals surface area contributed by atoms with Crippen molar-refractivity contribution in [3.05, 3.63) is 11.0 Å². The fraction of sp³-hybridized carbons (Fsp3) is 0.571. The summed E-state index contributed by atoms with van der Waals surface area (Å²) in [6, 6.07) is 0. The van der Waals surface area contributed by atoms with Gasteiger partial charge in [0.1, 0.15) is 0 Å². The van der Waals surface area contributed by atoms with Gasteiger partial charge in [0.15, 0.2) is 0 Å². The molecule has 3 N–H and O–H groups in total. The molecule has 0 spiro atoms. The van der Waals surface area contributed by atoms with E-state index in [1.54, 1.807) is 13.8 Å². The summed E-state index contributed by atoms with van der Waals surface area (Å²) in [7, 11) is -4.29. The normalized spacial score (nSPS) is 15.5. The first-order valence-electron chi connectivity index (χ1n) is 3.76. The van der Waals surface area contributed by atoms with Gasteiger partial charge < -0.3 is 5.73 Å². The second kappa shape index (κ2) is 4.38. The average molecular weight is 207 g/mol. The maximum atomic E-state index is 10.8. The van der Waals surface area contributed by atoms with E-state index in [0.29, 0.717) is 11.8 Å². The molecule has 0 aromatic rings. The first-order valence-corrected chi connectivity index (χ1v) is 5.27. The lowest BCUT2D eigenvalue weighted by atomic mass is 10.00. The van der Waals surface area contributed by atoms with Crippen LogP contribution in [0.1, 0.15) is 20.3 Å². The highest BCUT2D eigenvalue weighted by Crippen LogP contribution is 2.14. The fourth-order valence-electron chi connectivity index (χ4n) is 0.797. The first-order chi connectivity index (χ1) is 5.78. The Morgan fingerprint density at radius 3 is 2.31 bits per heavy atom. The third-order valence-corrected chi connectivity index (χ3v) is 2.26. The molecule has 0 heterocycles. The molecule has 6 heteroatoms. The van der Waals surface area contributed by atoms with Gasteiger partial charge in [-0.1, -0.05) is 13.8 Å². The molecule has 1 atom stereocenters. The molecular weight excluding hydrogens is 194 g/mol. The lowest BCUT2D eigenvalue weighted by Crippen LogP contribution is -2.20. The molecule has 1 unspecified atom stereocenters. The Morgan fingerprint density at radius 2 is 2.08 bits per heavy atom. The molecule has 0 aromatic carbocycles. The van der Waals surface area contributed by atoms with Crippen LogP contribution in [-0.4, -0.2) is 18.9 Å². The molecule has 0 aliphatic carbocycles. The van der Waals surface area contributed by atoms with Crippen molar-refractivity contribution in [1.29, 1.82) is 0 Å². The minimum absolute atomic E-state index is 0.0787. The van der Waals surface area contributed by atoms with Gasteiger partial charge in [-0.25, -0.2) is 0 Å². The Hall–Kier alpha value is -0.880. The summed E-state index contributed by atoms with van der Waals surface area (Å²) in [5, 5.41) is 0.503. The topological polar surface area (TPSA) is 97.5 Å². The number of carbonyl (C=O) groups is 1. The molecule has 0 fully saturated rings. The predicted octanol–water partition coefficient (Wildman–Crippen LogP) is 0.290. The van der Waals surface area contributed by atoms with Gasteiger partial charge in [0.05, 0.1) is 5.41 Å². The Bertz CT molecular complexity index is 317. The van der Waals surface area contributed by atoms with Crippen molar-refractivity contribution in [2.24, 2.45) is 11.7 Å². The van der Waals surface area contributed by atoms with E-state index in [0.717, 1.165) is 0 Å². The lowest BCUT2D eigenvalue weighted by Gasteiger charge is -2.08. The first kappa shape index (κ1) is 12.1. The molecule has 0 aromatic heterocycles. The van der Waals surface area contributed by atoms with Gasteiger partial charge in [-0.05, 0) is 12.3 Å². The van der Waals surface area contributed by atoms with Gasteiger partial charge in [-0.2, -0.15) is 8.42 Å². The summed E-state index contributed by atoms with van der Waals surface area (Å²) in [6.45, 7) is 3.44. The number of hydrogen-bond donors (Lipinski definition) is 2. The van der Waals surface area contributed by atoms with Crippen LogP contribution >= 0.6 is 0 Å². The molecule has 76 valence electrons. The van der Waals surface area contributed by atoms with Gasteiger partial charge in [0.2, 0.25) is 5.91 Å². The van der Waals surface area contributed by atoms with Crippen molar-refractivity contribution >= 4 is 16.0 Å². The molecule has 0 radical (unpaired) electrons. The van der Waals surface area contributed by atoms with E-state index in [2.05, 4.69) is 0 Å². The van der Waals surface area contributed by atoms with Gasteiger partial charge in [-0.3, -0.25) is 9.35 Å². The summed E-state index contributed by atoms with van der Waals surface area (Å²) >= 11 is 0. The zero-order chi connectivity index (χ0) is 10.6. The van der Waals surface area contributed by atoms with Crippen LogP contribution in [0.15, 0.2) is 11.0 Å². The zero-order valence-electron chi connectivity index (χ0n) is 7.52. The third-order valence-electron chi connectivity index (χ3n) is 1.70. The Balaban J connectivity index is 5.05. The zero-order valence-corrected chi connectivity index (χ0v) is 8.34. The summed E-state index contributed by atoms with van der Waals surface area (Å²) in [5.41, 5.74) is 4.86. The smallest absolute Gasteiger partial charge is 0.288 e. The van der Waals surface area contributed by atoms with E-state index in [1.807, 2.05) is 0 Å². The highest BCUT2D eigenvalue weighted by atomic mass is 32.2. The van der Waals surface area contributed by atoms with Gasteiger partial charge in [-0.15, -0.1) is 0 Å². The molecule has 13 heavy (non-hydrogen) atoms. The van der Waals surface area contributed by atoms with Crippen LogP contribution in [0.4, 0.5) is 0 Å². The fourth-order valence-corrected chi connectivity index (χ4v) is 1.47. The molecule has 0 aliphatic heterocycles. The molecule has 5 nitrogen and oxygen atoms in total. The SMILES string of the molecule is CCC(C)C(=CS(=O)(=O)O)C(N)=O. The summed E-state index contributed by atoms with van der Waals surface area (Å²) in [6.07, 6.45) is 0.574. The summed E-state index contributed by atoms with van der Waals surface area (Å²) < 4.78 is 29.3. The average Bonchev–Trinajstić information content (AvgIpc) is 1.96. The molecule has 0 saturated heterocycles. The second-order valence-corrected chi connectivity index (χ2v) is 4.03. The number of primary amides is 1. The van der Waals surface area contributed by atoms with Crippen LogP contribution in [0, 0.1) is 5.92 Å². The molecule has 0 aliphatic rings. The number of rotatable bonds is 4. The monoisotopic (exact) mass is 207 g/mol. The van der Waals surface area contributed by atoms with Crippen LogP contribution in [0.25, 0.3) is 0 Å². The summed E-state index contributed by atoms with van der Waals surface area (Å²) in [4.78, 5) is 10.8. The maximum Gasteiger partial charge on any atom is 0.288 e. The van der Waals surface area contributed by atoms with Crippen molar-refractivity contribution < 1.29 is 17.8 Å². The van der Waals surface area contributed by atoms with E-state index in [4.69, 9.17) is 10.3 Å². The highest BCUT2D eigenvalue weighted by molar-refractivity contribution is 7.88. The van der Waals surface area contributed by atoms with Gasteiger partial charge in [0.25, 0.3) is 10.1 Å². The summed E-state index contributed by atoms with van der Waals surface area (Å²) in [5.74, 6) is -1.11. The minimum Gasteiger partial charge on any atom is -0.366 e. The second-order valence-electron chi connectivity index (χ2n) is 2.76. The van der Waals surface area contributed by atoms with Crippen molar-refractivity contribution in [3.8, 4) is 0 Å². The molecular formula is C7H13NO4S. The Labute approximate surface area is 77.4 Å². The van der Waals surface area contributed by atoms with Crippen molar-refractivity contribution in [3.63, 3.8) is 0 Å². The van der Waals surface area contributed by atoms with E-state index in [9.17, 15) is 13.2 Å². The Morgan fingerprint density at radius 1 is 1.62 bits per heavy atom. The van der Waals surface area contributed by atoms with E-state index >= 15 is 0 Å². The molecule has 0 bridgehead atoms. The number of nitrogens with two attached hydrogens (primary N) is 1. The van der Waals surface area contributed by atoms with E-state index < -0.39 is 16.0 Å². The van der Waals surface area contributed by atoms with Crippen LogP contribution < -0.4 is 5.73 Å². The van der Waals surface area contributed by atoms with Gasteiger partial charge in [0, 0.05) is 5.57 Å². The standard InChI is InChI=1S/C7H13NO4S/c1-3-5(2)6(7(8)9)4-13(10,11)12/h4-5H,3H2,1-2H3,(H2,8,9)(H,10,11,12). The largest absolute Gasteiger partial charge is 0.366 e. The van der Waals surface area contributed by atoms with Gasteiger partial charge >= 0.3 is 0 Å². The van der Waals surface area contributed by atoms with Crippen LogP contribution in [0.2, 0.25) is 0 Å². The maximum absolute atomic E-state index is 10.8. The van der Waals surface area contributed by atoms with Crippen molar-refractivity contribution in [2.75, 3.05) is 0 Å². The van der Waals surface area contributed by atoms with Crippen molar-refractivity contribution in [1.82, 2.24) is 0 Å². The Kier molecular flexibility index (Phi) is 4.09. The number of amides is 1. The lowest BCUT2D eigenvalue weighted by molar-refractivity contribution is -0.115. The quantitative estimate of drug-likeness (QED) is 0.511. The van der Waals surface area contributed by atoms with Crippen LogP contribution in [0.3, 0.4) is 0 Å². The molecule has 0 rings (SSSR count). The molecule has 0 saturated carbocycles. The van der Waals surface area contributed by atoms with E-state index in [-0.39, 0.29) is 11.5 Å². The number of carbonyl (C=O) groups excluding carboxylic acids is 1. The predicted molar refractivity (Wildman–Crippen MR) is 48.3 cm³/mol. The number of hydrogen-bond acceptors (Lipinski definition) is 3. The minimum atomic E-state index is -4.29. The van der Waals surface area contributed by atoms with Crippen LogP contribution in [-0.2, 0) is 14.9 Å². The molecule has 1 amide bonds. The van der Waals surface area contributed by atoms with Crippen molar-refractivity contribution in [2.45, 2.75) is 20.3 Å². The van der Waals surface area contributed by atoms with Crippen LogP contribution in [0.5, 0.6) is 0 Å². The third kappa shape index (κ3) is 4.64.